The minimum Gasteiger partial charge on any atom is -0.368 e. The molecule has 0 aliphatic heterocycles. The molecule has 0 spiro atoms. The van der Waals surface area contributed by atoms with Crippen LogP contribution in [0.3, 0.4) is 0 Å². The predicted octanol–water partition coefficient (Wildman–Crippen LogP) is 1.58. The van der Waals surface area contributed by atoms with Crippen LogP contribution >= 0.6 is 0 Å². The Balaban J connectivity index is 2.28. The molecular formula is C10H16FN3. The molecule has 1 N–H and O–H groups in total. The van der Waals surface area contributed by atoms with E-state index in [1.807, 2.05) is 14.1 Å². The topological polar surface area (TPSA) is 28.2 Å². The van der Waals surface area contributed by atoms with Gasteiger partial charge in [0.2, 0.25) is 0 Å². The van der Waals surface area contributed by atoms with E-state index in [0.29, 0.717) is 5.82 Å². The minimum atomic E-state index is -0.294. The molecule has 0 aromatic carbocycles. The molecule has 78 valence electrons. The maximum absolute atomic E-state index is 13.0. The zero-order chi connectivity index (χ0) is 10.4. The second kappa shape index (κ2) is 5.54. The Kier molecular flexibility index (Phi) is 4.32. The number of nitrogens with one attached hydrogen (secondary N) is 1. The average Bonchev–Trinajstić information content (AvgIpc) is 2.15. The SMILES string of the molecule is CN(C)CCCNc1ncccc1F. The lowest BCUT2D eigenvalue weighted by atomic mass is 10.4. The Morgan fingerprint density at radius 1 is 1.50 bits per heavy atom. The maximum atomic E-state index is 13.0. The van der Waals surface area contributed by atoms with E-state index in [1.165, 1.54) is 6.07 Å². The van der Waals surface area contributed by atoms with Gasteiger partial charge in [0.1, 0.15) is 0 Å². The van der Waals surface area contributed by atoms with E-state index in [9.17, 15) is 4.39 Å². The van der Waals surface area contributed by atoms with Crippen LogP contribution in [0.2, 0.25) is 0 Å². The third kappa shape index (κ3) is 3.70. The summed E-state index contributed by atoms with van der Waals surface area (Å²) in [4.78, 5) is 5.99. The van der Waals surface area contributed by atoms with Crippen molar-refractivity contribution >= 4 is 5.82 Å². The summed E-state index contributed by atoms with van der Waals surface area (Å²) < 4.78 is 13.0. The average molecular weight is 197 g/mol. The van der Waals surface area contributed by atoms with Gasteiger partial charge in [-0.2, -0.15) is 0 Å². The Hall–Kier alpha value is -1.16. The van der Waals surface area contributed by atoms with Crippen molar-refractivity contribution in [3.05, 3.63) is 24.1 Å². The highest BCUT2D eigenvalue weighted by molar-refractivity contribution is 5.35. The number of nitrogens with zero attached hydrogens (tertiary/aromatic N) is 2. The molecule has 0 aliphatic rings. The number of aromatic nitrogens is 1. The van der Waals surface area contributed by atoms with Gasteiger partial charge in [-0.25, -0.2) is 9.37 Å². The first-order valence-corrected chi connectivity index (χ1v) is 4.69. The quantitative estimate of drug-likeness (QED) is 0.726. The molecule has 0 amide bonds. The first-order valence-electron chi connectivity index (χ1n) is 4.69. The van der Waals surface area contributed by atoms with Crippen molar-refractivity contribution in [2.75, 3.05) is 32.5 Å². The number of hydrogen-bond donors (Lipinski definition) is 1. The Labute approximate surface area is 84.0 Å². The zero-order valence-electron chi connectivity index (χ0n) is 8.63. The summed E-state index contributed by atoms with van der Waals surface area (Å²) in [7, 11) is 4.03. The number of rotatable bonds is 5. The number of hydrogen-bond acceptors (Lipinski definition) is 3. The van der Waals surface area contributed by atoms with Crippen molar-refractivity contribution in [3.8, 4) is 0 Å². The van der Waals surface area contributed by atoms with Crippen LogP contribution < -0.4 is 5.32 Å². The van der Waals surface area contributed by atoms with Gasteiger partial charge in [-0.3, -0.25) is 0 Å². The molecule has 3 nitrogen and oxygen atoms in total. The third-order valence-corrected chi connectivity index (χ3v) is 1.83. The van der Waals surface area contributed by atoms with Gasteiger partial charge in [0.15, 0.2) is 11.6 Å². The van der Waals surface area contributed by atoms with Crippen molar-refractivity contribution in [3.63, 3.8) is 0 Å². The third-order valence-electron chi connectivity index (χ3n) is 1.83. The molecule has 0 radical (unpaired) electrons. The molecule has 0 saturated carbocycles. The van der Waals surface area contributed by atoms with Gasteiger partial charge in [0, 0.05) is 12.7 Å². The Bertz CT molecular complexity index is 276. The fourth-order valence-corrected chi connectivity index (χ4v) is 1.12. The normalized spacial score (nSPS) is 10.6. The standard InChI is InChI=1S/C10H16FN3/c1-14(2)8-4-7-13-10-9(11)5-3-6-12-10/h3,5-6H,4,7-8H2,1-2H3,(H,12,13). The number of halogens is 1. The van der Waals surface area contributed by atoms with E-state index in [0.717, 1.165) is 19.5 Å². The Morgan fingerprint density at radius 2 is 2.29 bits per heavy atom. The lowest BCUT2D eigenvalue weighted by molar-refractivity contribution is 0.405. The van der Waals surface area contributed by atoms with E-state index >= 15 is 0 Å². The van der Waals surface area contributed by atoms with E-state index in [-0.39, 0.29) is 5.82 Å². The number of anilines is 1. The summed E-state index contributed by atoms with van der Waals surface area (Å²) in [5.74, 6) is 0.0450. The van der Waals surface area contributed by atoms with Crippen molar-refractivity contribution in [1.29, 1.82) is 0 Å². The van der Waals surface area contributed by atoms with Crippen molar-refractivity contribution in [2.45, 2.75) is 6.42 Å². The van der Waals surface area contributed by atoms with E-state index in [4.69, 9.17) is 0 Å². The second-order valence-electron chi connectivity index (χ2n) is 3.42. The van der Waals surface area contributed by atoms with Gasteiger partial charge in [-0.15, -0.1) is 0 Å². The zero-order valence-corrected chi connectivity index (χ0v) is 8.63. The fourth-order valence-electron chi connectivity index (χ4n) is 1.12. The summed E-state index contributed by atoms with van der Waals surface area (Å²) in [6.45, 7) is 1.73. The molecule has 4 heteroatoms. The lowest BCUT2D eigenvalue weighted by Crippen LogP contribution is -2.16. The number of pyridine rings is 1. The summed E-state index contributed by atoms with van der Waals surface area (Å²) in [6, 6.07) is 2.99. The molecule has 1 aromatic heterocycles. The first kappa shape index (κ1) is 10.9. The second-order valence-corrected chi connectivity index (χ2v) is 3.42. The lowest BCUT2D eigenvalue weighted by Gasteiger charge is -2.10. The summed E-state index contributed by atoms with van der Waals surface area (Å²) in [6.07, 6.45) is 2.56. The van der Waals surface area contributed by atoms with Gasteiger partial charge in [-0.05, 0) is 39.2 Å². The van der Waals surface area contributed by atoms with Gasteiger partial charge >= 0.3 is 0 Å². The first-order chi connectivity index (χ1) is 6.70. The van der Waals surface area contributed by atoms with Crippen molar-refractivity contribution in [1.82, 2.24) is 9.88 Å². The van der Waals surface area contributed by atoms with Crippen LogP contribution in [0.15, 0.2) is 18.3 Å². The molecule has 0 unspecified atom stereocenters. The predicted molar refractivity (Wildman–Crippen MR) is 55.9 cm³/mol. The molecule has 1 rings (SSSR count). The minimum absolute atomic E-state index is 0.294. The van der Waals surface area contributed by atoms with Crippen LogP contribution in [-0.4, -0.2) is 37.1 Å². The Morgan fingerprint density at radius 3 is 2.93 bits per heavy atom. The highest BCUT2D eigenvalue weighted by Gasteiger charge is 1.99. The van der Waals surface area contributed by atoms with E-state index in [1.54, 1.807) is 12.3 Å². The van der Waals surface area contributed by atoms with Crippen LogP contribution in [0.25, 0.3) is 0 Å². The maximum Gasteiger partial charge on any atom is 0.165 e. The molecule has 0 aliphatic carbocycles. The highest BCUT2D eigenvalue weighted by atomic mass is 19.1. The molecule has 0 bridgehead atoms. The van der Waals surface area contributed by atoms with Gasteiger partial charge in [-0.1, -0.05) is 0 Å². The van der Waals surface area contributed by atoms with E-state index < -0.39 is 0 Å². The van der Waals surface area contributed by atoms with Gasteiger partial charge in [0.05, 0.1) is 0 Å². The molecule has 1 aromatic rings. The van der Waals surface area contributed by atoms with Crippen LogP contribution in [0.5, 0.6) is 0 Å². The highest BCUT2D eigenvalue weighted by Crippen LogP contribution is 2.07. The monoisotopic (exact) mass is 197 g/mol. The molecule has 0 atom stereocenters. The van der Waals surface area contributed by atoms with Crippen LogP contribution in [-0.2, 0) is 0 Å². The largest absolute Gasteiger partial charge is 0.368 e. The van der Waals surface area contributed by atoms with Crippen LogP contribution in [0.1, 0.15) is 6.42 Å². The van der Waals surface area contributed by atoms with Crippen molar-refractivity contribution < 1.29 is 4.39 Å². The van der Waals surface area contributed by atoms with Gasteiger partial charge in [0.25, 0.3) is 0 Å². The summed E-state index contributed by atoms with van der Waals surface area (Å²) in [5, 5.41) is 2.96. The smallest absolute Gasteiger partial charge is 0.165 e. The van der Waals surface area contributed by atoms with Crippen molar-refractivity contribution in [2.24, 2.45) is 0 Å². The van der Waals surface area contributed by atoms with Gasteiger partial charge < -0.3 is 10.2 Å². The molecule has 0 fully saturated rings. The summed E-state index contributed by atoms with van der Waals surface area (Å²) >= 11 is 0. The molecule has 1 heterocycles. The molecular weight excluding hydrogens is 181 g/mol. The fraction of sp³-hybridized carbons (Fsp3) is 0.500. The van der Waals surface area contributed by atoms with E-state index in [2.05, 4.69) is 15.2 Å². The molecule has 0 saturated heterocycles. The molecule has 14 heavy (non-hydrogen) atoms. The van der Waals surface area contributed by atoms with Crippen LogP contribution in [0.4, 0.5) is 10.2 Å². The van der Waals surface area contributed by atoms with Crippen LogP contribution in [0, 0.1) is 5.82 Å². The summed E-state index contributed by atoms with van der Waals surface area (Å²) in [5.41, 5.74) is 0.